The molecule has 0 radical (unpaired) electrons. The van der Waals surface area contributed by atoms with Crippen LogP contribution >= 0.6 is 11.8 Å². The SMILES string of the molecule is COc1ccc2c(c1OC)C(=O)N1[C@@H]2SC(C)(C)[C@@H]1C(=O)N[C@H](C)c1ccccc1. The van der Waals surface area contributed by atoms with Crippen molar-refractivity contribution >= 4 is 23.6 Å². The first-order valence-corrected chi connectivity index (χ1v) is 10.8. The van der Waals surface area contributed by atoms with Crippen LogP contribution in [0, 0.1) is 0 Å². The highest BCUT2D eigenvalue weighted by Gasteiger charge is 2.58. The van der Waals surface area contributed by atoms with Crippen LogP contribution in [0.15, 0.2) is 42.5 Å². The van der Waals surface area contributed by atoms with E-state index >= 15 is 0 Å². The van der Waals surface area contributed by atoms with Gasteiger partial charge in [0.1, 0.15) is 11.4 Å². The lowest BCUT2D eigenvalue weighted by Crippen LogP contribution is -2.52. The Bertz CT molecular complexity index is 992. The predicted octanol–water partition coefficient (Wildman–Crippen LogP) is 3.93. The van der Waals surface area contributed by atoms with Gasteiger partial charge >= 0.3 is 0 Å². The van der Waals surface area contributed by atoms with E-state index in [1.54, 1.807) is 23.8 Å². The van der Waals surface area contributed by atoms with Gasteiger partial charge < -0.3 is 19.7 Å². The molecule has 158 valence electrons. The van der Waals surface area contributed by atoms with E-state index in [2.05, 4.69) is 5.32 Å². The Labute approximate surface area is 180 Å². The molecule has 6 nitrogen and oxygen atoms in total. The Morgan fingerprint density at radius 2 is 1.83 bits per heavy atom. The van der Waals surface area contributed by atoms with Crippen molar-refractivity contribution in [3.8, 4) is 11.5 Å². The zero-order valence-corrected chi connectivity index (χ0v) is 18.6. The molecule has 30 heavy (non-hydrogen) atoms. The summed E-state index contributed by atoms with van der Waals surface area (Å²) in [5, 5.41) is 2.87. The van der Waals surface area contributed by atoms with Crippen molar-refractivity contribution in [2.24, 2.45) is 0 Å². The normalized spacial score (nSPS) is 22.3. The minimum absolute atomic E-state index is 0.154. The molecule has 2 aliphatic rings. The molecule has 0 bridgehead atoms. The van der Waals surface area contributed by atoms with Crippen LogP contribution in [-0.4, -0.2) is 41.7 Å². The lowest BCUT2D eigenvalue weighted by molar-refractivity contribution is -0.126. The lowest BCUT2D eigenvalue weighted by Gasteiger charge is -2.30. The fourth-order valence-electron chi connectivity index (χ4n) is 4.37. The molecular formula is C23H26N2O4S. The van der Waals surface area contributed by atoms with E-state index in [9.17, 15) is 9.59 Å². The summed E-state index contributed by atoms with van der Waals surface area (Å²) in [4.78, 5) is 28.6. The van der Waals surface area contributed by atoms with Gasteiger partial charge in [-0.15, -0.1) is 11.8 Å². The van der Waals surface area contributed by atoms with Crippen LogP contribution in [0.2, 0.25) is 0 Å². The number of nitrogens with zero attached hydrogens (tertiary/aromatic N) is 1. The molecule has 0 spiro atoms. The fourth-order valence-corrected chi connectivity index (χ4v) is 5.95. The van der Waals surface area contributed by atoms with Gasteiger partial charge in [-0.2, -0.15) is 0 Å². The summed E-state index contributed by atoms with van der Waals surface area (Å²) < 4.78 is 10.4. The van der Waals surface area contributed by atoms with Crippen LogP contribution < -0.4 is 14.8 Å². The molecule has 1 saturated heterocycles. The largest absolute Gasteiger partial charge is 0.493 e. The van der Waals surface area contributed by atoms with Crippen molar-refractivity contribution in [3.05, 3.63) is 59.2 Å². The summed E-state index contributed by atoms with van der Waals surface area (Å²) in [6, 6.07) is 12.8. The predicted molar refractivity (Wildman–Crippen MR) is 117 cm³/mol. The van der Waals surface area contributed by atoms with Gasteiger partial charge in [0, 0.05) is 10.3 Å². The number of methoxy groups -OCH3 is 2. The number of rotatable bonds is 5. The Morgan fingerprint density at radius 1 is 1.13 bits per heavy atom. The van der Waals surface area contributed by atoms with Crippen LogP contribution in [0.4, 0.5) is 0 Å². The molecule has 0 aliphatic carbocycles. The lowest BCUT2D eigenvalue weighted by atomic mass is 9.99. The smallest absolute Gasteiger partial charge is 0.260 e. The standard InChI is InChI=1S/C23H26N2O4S/c1-13(14-9-7-6-8-10-14)24-20(26)19-23(2,3)30-22-15-11-12-16(28-4)18(29-5)17(15)21(27)25(19)22/h6-13,19,22H,1-5H3,(H,24,26)/t13-,19+,22-/m1/s1. The number of carbonyl (C=O) groups excluding carboxylic acids is 2. The van der Waals surface area contributed by atoms with Crippen LogP contribution in [0.25, 0.3) is 0 Å². The van der Waals surface area contributed by atoms with Gasteiger partial charge in [-0.25, -0.2) is 0 Å². The highest BCUT2D eigenvalue weighted by Crippen LogP contribution is 2.58. The second-order valence-corrected chi connectivity index (χ2v) is 9.83. The van der Waals surface area contributed by atoms with Crippen molar-refractivity contribution in [2.75, 3.05) is 14.2 Å². The van der Waals surface area contributed by atoms with E-state index in [0.29, 0.717) is 17.1 Å². The topological polar surface area (TPSA) is 67.9 Å². The highest BCUT2D eigenvalue weighted by atomic mass is 32.2. The van der Waals surface area contributed by atoms with Gasteiger partial charge in [0.25, 0.3) is 5.91 Å². The van der Waals surface area contributed by atoms with Crippen molar-refractivity contribution in [1.82, 2.24) is 10.2 Å². The van der Waals surface area contributed by atoms with Crippen molar-refractivity contribution < 1.29 is 19.1 Å². The van der Waals surface area contributed by atoms with E-state index in [-0.39, 0.29) is 23.2 Å². The number of hydrogen-bond donors (Lipinski definition) is 1. The fraction of sp³-hybridized carbons (Fsp3) is 0.391. The summed E-state index contributed by atoms with van der Waals surface area (Å²) in [6.07, 6.45) is 0. The van der Waals surface area contributed by atoms with E-state index in [1.165, 1.54) is 7.11 Å². The molecule has 2 aliphatic heterocycles. The minimum atomic E-state index is -0.603. The average Bonchev–Trinajstić information content (AvgIpc) is 3.16. The first-order valence-electron chi connectivity index (χ1n) is 9.90. The summed E-state index contributed by atoms with van der Waals surface area (Å²) in [5.41, 5.74) is 2.37. The maximum Gasteiger partial charge on any atom is 0.260 e. The number of amides is 2. The Hall–Kier alpha value is -2.67. The Kier molecular flexibility index (Phi) is 5.18. The Balaban J connectivity index is 1.67. The molecule has 3 atom stereocenters. The third kappa shape index (κ3) is 3.12. The van der Waals surface area contributed by atoms with Gasteiger partial charge in [0.15, 0.2) is 11.5 Å². The van der Waals surface area contributed by atoms with Gasteiger partial charge in [0.2, 0.25) is 5.91 Å². The van der Waals surface area contributed by atoms with Gasteiger partial charge in [-0.3, -0.25) is 9.59 Å². The molecule has 1 fully saturated rings. The molecular weight excluding hydrogens is 400 g/mol. The van der Waals surface area contributed by atoms with Crippen molar-refractivity contribution in [1.29, 1.82) is 0 Å². The van der Waals surface area contributed by atoms with E-state index in [0.717, 1.165) is 11.1 Å². The zero-order chi connectivity index (χ0) is 21.6. The molecule has 0 aromatic heterocycles. The molecule has 2 aromatic rings. The number of carbonyl (C=O) groups is 2. The highest BCUT2D eigenvalue weighted by molar-refractivity contribution is 8.01. The van der Waals surface area contributed by atoms with Crippen LogP contribution in [0.1, 0.15) is 53.7 Å². The quantitative estimate of drug-likeness (QED) is 0.785. The van der Waals surface area contributed by atoms with Gasteiger partial charge in [0.05, 0.1) is 25.8 Å². The summed E-state index contributed by atoms with van der Waals surface area (Å²) >= 11 is 1.62. The molecule has 4 rings (SSSR count). The van der Waals surface area contributed by atoms with E-state index in [1.807, 2.05) is 63.2 Å². The number of thioether (sulfide) groups is 1. The summed E-state index contributed by atoms with van der Waals surface area (Å²) in [5.74, 6) is 0.577. The first-order chi connectivity index (χ1) is 14.3. The van der Waals surface area contributed by atoms with Crippen LogP contribution in [0.3, 0.4) is 0 Å². The van der Waals surface area contributed by atoms with Crippen molar-refractivity contribution in [3.63, 3.8) is 0 Å². The van der Waals surface area contributed by atoms with Gasteiger partial charge in [-0.1, -0.05) is 36.4 Å². The van der Waals surface area contributed by atoms with Crippen molar-refractivity contribution in [2.45, 2.75) is 43.0 Å². The molecule has 0 unspecified atom stereocenters. The average molecular weight is 427 g/mol. The molecule has 7 heteroatoms. The number of hydrogen-bond acceptors (Lipinski definition) is 5. The second-order valence-electron chi connectivity index (χ2n) is 8.09. The molecule has 2 aromatic carbocycles. The minimum Gasteiger partial charge on any atom is -0.493 e. The third-order valence-electron chi connectivity index (χ3n) is 5.80. The molecule has 2 heterocycles. The molecule has 0 saturated carbocycles. The monoisotopic (exact) mass is 426 g/mol. The van der Waals surface area contributed by atoms with Crippen LogP contribution in [0.5, 0.6) is 11.5 Å². The van der Waals surface area contributed by atoms with Gasteiger partial charge in [-0.05, 0) is 32.4 Å². The van der Waals surface area contributed by atoms with Crippen LogP contribution in [-0.2, 0) is 4.79 Å². The third-order valence-corrected chi connectivity index (χ3v) is 7.34. The molecule has 2 amide bonds. The number of ether oxygens (including phenoxy) is 2. The maximum atomic E-state index is 13.5. The number of nitrogens with one attached hydrogen (secondary N) is 1. The van der Waals surface area contributed by atoms with E-state index < -0.39 is 10.8 Å². The second kappa shape index (κ2) is 7.54. The summed E-state index contributed by atoms with van der Waals surface area (Å²) in [6.45, 7) is 5.98. The number of fused-ring (bicyclic) bond motifs is 3. The summed E-state index contributed by atoms with van der Waals surface area (Å²) in [7, 11) is 3.07. The first kappa shape index (κ1) is 20.6. The Morgan fingerprint density at radius 3 is 2.47 bits per heavy atom. The maximum absolute atomic E-state index is 13.5. The van der Waals surface area contributed by atoms with E-state index in [4.69, 9.17) is 9.47 Å². The number of benzene rings is 2. The molecule has 1 N–H and O–H groups in total. The zero-order valence-electron chi connectivity index (χ0n) is 17.8.